The zero-order valence-electron chi connectivity index (χ0n) is 26.9. The molecule has 52 heavy (non-hydrogen) atoms. The van der Waals surface area contributed by atoms with Crippen molar-refractivity contribution in [1.29, 1.82) is 0 Å². The number of aromatic nitrogens is 2. The number of carbonyl (C=O) groups excluding carboxylic acids is 1. The van der Waals surface area contributed by atoms with Crippen LogP contribution >= 0.6 is 0 Å². The predicted octanol–water partition coefficient (Wildman–Crippen LogP) is 6.76. The SMILES string of the molecule is COc1c(F)cccc1-c1ccc(C[C@H](NC(=O)c2c(F)cc(NS(=O)(=O)c3ccc(-c4ccnc(F)c4)cc3)cc2F)C(=O)O)c2cccnc12. The number of nitrogens with one attached hydrogen (secondary N) is 2. The number of rotatable bonds is 11. The van der Waals surface area contributed by atoms with Gasteiger partial charge >= 0.3 is 5.97 Å². The molecule has 264 valence electrons. The molecule has 0 aliphatic carbocycles. The standard InChI is InChI=1S/C37H26F4N4O6S/c1-51-35-27(4-2-6-28(35)38)26-12-9-22(25-5-3-14-43-34(25)26)16-31(37(47)48)44-36(46)33-29(39)18-23(19-30(33)40)45-52(49,50)24-10-7-20(8-11-24)21-13-15-42-32(41)17-21/h2-15,17-19,31,45H,16H2,1H3,(H,44,46)(H,47,48)/t31-/m0/s1. The number of sulfonamides is 1. The summed E-state index contributed by atoms with van der Waals surface area (Å²) in [7, 11) is -3.06. The van der Waals surface area contributed by atoms with E-state index in [2.05, 4.69) is 15.3 Å². The second-order valence-corrected chi connectivity index (χ2v) is 13.1. The first-order valence-electron chi connectivity index (χ1n) is 15.3. The van der Waals surface area contributed by atoms with E-state index in [0.29, 0.717) is 50.9 Å². The average Bonchev–Trinajstić information content (AvgIpc) is 3.11. The van der Waals surface area contributed by atoms with Crippen molar-refractivity contribution in [2.24, 2.45) is 0 Å². The van der Waals surface area contributed by atoms with Crippen LogP contribution in [-0.4, -0.2) is 48.5 Å². The Bertz CT molecular complexity index is 2440. The number of pyridine rings is 2. The highest BCUT2D eigenvalue weighted by atomic mass is 32.2. The normalized spacial score (nSPS) is 11.9. The molecule has 15 heteroatoms. The summed E-state index contributed by atoms with van der Waals surface area (Å²) < 4.78 is 91.7. The Kier molecular flexibility index (Phi) is 9.88. The summed E-state index contributed by atoms with van der Waals surface area (Å²) in [5.41, 5.74) is 0.922. The van der Waals surface area contributed by atoms with Crippen LogP contribution in [0.25, 0.3) is 33.2 Å². The zero-order valence-corrected chi connectivity index (χ0v) is 27.7. The number of aliphatic carboxylic acids is 1. The molecule has 1 atom stereocenters. The van der Waals surface area contributed by atoms with Gasteiger partial charge in [0.15, 0.2) is 11.6 Å². The number of hydrogen-bond donors (Lipinski definition) is 3. The molecule has 1 amide bonds. The molecule has 6 aromatic rings. The molecule has 0 spiro atoms. The minimum Gasteiger partial charge on any atom is -0.493 e. The van der Waals surface area contributed by atoms with Gasteiger partial charge < -0.3 is 15.2 Å². The third-order valence-corrected chi connectivity index (χ3v) is 9.49. The van der Waals surface area contributed by atoms with Gasteiger partial charge in [-0.25, -0.2) is 31.4 Å². The number of hydrogen-bond acceptors (Lipinski definition) is 7. The average molecular weight is 731 g/mol. The summed E-state index contributed by atoms with van der Waals surface area (Å²) in [5.74, 6) is -7.17. The second-order valence-electron chi connectivity index (χ2n) is 11.4. The molecule has 0 aliphatic heterocycles. The fraction of sp³-hybridized carbons (Fsp3) is 0.0811. The number of fused-ring (bicyclic) bond motifs is 1. The smallest absolute Gasteiger partial charge is 0.326 e. The molecule has 0 aliphatic rings. The summed E-state index contributed by atoms with van der Waals surface area (Å²) in [6.07, 6.45) is 2.41. The highest BCUT2D eigenvalue weighted by Crippen LogP contribution is 2.37. The molecule has 10 nitrogen and oxygen atoms in total. The molecule has 0 saturated heterocycles. The van der Waals surface area contributed by atoms with E-state index >= 15 is 8.78 Å². The van der Waals surface area contributed by atoms with E-state index in [1.165, 1.54) is 62.0 Å². The van der Waals surface area contributed by atoms with Gasteiger partial charge in [-0.3, -0.25) is 14.5 Å². The topological polar surface area (TPSA) is 148 Å². The molecule has 0 radical (unpaired) electrons. The van der Waals surface area contributed by atoms with Gasteiger partial charge in [0.25, 0.3) is 15.9 Å². The minimum absolute atomic E-state index is 0.0184. The number of amides is 1. The zero-order chi connectivity index (χ0) is 37.2. The first kappa shape index (κ1) is 35.5. The van der Waals surface area contributed by atoms with Crippen molar-refractivity contribution in [2.45, 2.75) is 17.4 Å². The number of anilines is 1. The molecule has 0 bridgehead atoms. The van der Waals surface area contributed by atoms with Crippen LogP contribution in [0.4, 0.5) is 23.2 Å². The summed E-state index contributed by atoms with van der Waals surface area (Å²) in [6.45, 7) is 0. The van der Waals surface area contributed by atoms with E-state index in [1.54, 1.807) is 30.3 Å². The Morgan fingerprint density at radius 1 is 0.808 bits per heavy atom. The number of methoxy groups -OCH3 is 1. The van der Waals surface area contributed by atoms with E-state index < -0.39 is 62.6 Å². The Balaban J connectivity index is 1.21. The summed E-state index contributed by atoms with van der Waals surface area (Å²) in [4.78, 5) is 33.0. The molecule has 6 rings (SSSR count). The quantitative estimate of drug-likeness (QED) is 0.0980. The number of halogens is 4. The van der Waals surface area contributed by atoms with Gasteiger partial charge in [-0.05, 0) is 59.2 Å². The molecule has 0 fully saturated rings. The number of ether oxygens (including phenoxy) is 1. The monoisotopic (exact) mass is 730 g/mol. The molecule has 2 heterocycles. The minimum atomic E-state index is -4.38. The first-order chi connectivity index (χ1) is 24.9. The van der Waals surface area contributed by atoms with Gasteiger partial charge in [0, 0.05) is 41.4 Å². The summed E-state index contributed by atoms with van der Waals surface area (Å²) >= 11 is 0. The first-order valence-corrected chi connectivity index (χ1v) is 16.8. The van der Waals surface area contributed by atoms with E-state index in [4.69, 9.17) is 4.74 Å². The highest BCUT2D eigenvalue weighted by molar-refractivity contribution is 7.92. The van der Waals surface area contributed by atoms with Gasteiger partial charge in [-0.2, -0.15) is 4.39 Å². The van der Waals surface area contributed by atoms with Crippen molar-refractivity contribution >= 4 is 38.5 Å². The van der Waals surface area contributed by atoms with Gasteiger partial charge in [0.2, 0.25) is 5.95 Å². The Morgan fingerprint density at radius 2 is 1.54 bits per heavy atom. The molecule has 4 aromatic carbocycles. The third kappa shape index (κ3) is 7.25. The van der Waals surface area contributed by atoms with Crippen LogP contribution in [0.1, 0.15) is 15.9 Å². The van der Waals surface area contributed by atoms with E-state index in [9.17, 15) is 31.9 Å². The fourth-order valence-electron chi connectivity index (χ4n) is 5.68. The third-order valence-electron chi connectivity index (χ3n) is 8.09. The Labute approximate surface area is 293 Å². The number of benzene rings is 4. The largest absolute Gasteiger partial charge is 0.493 e. The lowest BCUT2D eigenvalue weighted by atomic mass is 9.94. The molecule has 0 unspecified atom stereocenters. The number of para-hydroxylation sites is 1. The van der Waals surface area contributed by atoms with Crippen LogP contribution in [0.3, 0.4) is 0 Å². The van der Waals surface area contributed by atoms with Crippen molar-refractivity contribution in [3.63, 3.8) is 0 Å². The van der Waals surface area contributed by atoms with Crippen molar-refractivity contribution in [2.75, 3.05) is 11.8 Å². The number of nitrogens with zero attached hydrogens (tertiary/aromatic N) is 2. The Hall–Kier alpha value is -6.35. The van der Waals surface area contributed by atoms with Gasteiger partial charge in [0.1, 0.15) is 23.2 Å². The van der Waals surface area contributed by atoms with Crippen molar-refractivity contribution in [1.82, 2.24) is 15.3 Å². The summed E-state index contributed by atoms with van der Waals surface area (Å²) in [6, 6.07) is 18.2. The van der Waals surface area contributed by atoms with Gasteiger partial charge in [0.05, 0.1) is 23.2 Å². The van der Waals surface area contributed by atoms with Crippen molar-refractivity contribution in [3.05, 3.63) is 138 Å². The second kappa shape index (κ2) is 14.5. The Morgan fingerprint density at radius 3 is 2.21 bits per heavy atom. The number of carboxylic acids is 1. The molecular weight excluding hydrogens is 704 g/mol. The lowest BCUT2D eigenvalue weighted by Crippen LogP contribution is -2.43. The van der Waals surface area contributed by atoms with Gasteiger partial charge in [-0.15, -0.1) is 0 Å². The fourth-order valence-corrected chi connectivity index (χ4v) is 6.72. The lowest BCUT2D eigenvalue weighted by molar-refractivity contribution is -0.139. The number of carbonyl (C=O) groups is 2. The predicted molar refractivity (Wildman–Crippen MR) is 183 cm³/mol. The maximum Gasteiger partial charge on any atom is 0.326 e. The lowest BCUT2D eigenvalue weighted by Gasteiger charge is -2.18. The van der Waals surface area contributed by atoms with Crippen LogP contribution < -0.4 is 14.8 Å². The van der Waals surface area contributed by atoms with Gasteiger partial charge in [-0.1, -0.05) is 42.5 Å². The maximum absolute atomic E-state index is 15.2. The van der Waals surface area contributed by atoms with Crippen molar-refractivity contribution < 1.29 is 45.4 Å². The maximum atomic E-state index is 15.2. The van der Waals surface area contributed by atoms with E-state index in [-0.39, 0.29) is 17.1 Å². The summed E-state index contributed by atoms with van der Waals surface area (Å²) in [5, 5.41) is 12.6. The highest BCUT2D eigenvalue weighted by Gasteiger charge is 2.27. The van der Waals surface area contributed by atoms with Crippen LogP contribution in [-0.2, 0) is 21.2 Å². The molecule has 2 aromatic heterocycles. The van der Waals surface area contributed by atoms with Crippen LogP contribution in [0, 0.1) is 23.4 Å². The van der Waals surface area contributed by atoms with E-state index in [0.717, 1.165) is 6.07 Å². The molecule has 3 N–H and O–H groups in total. The molecular formula is C37H26F4N4O6S. The van der Waals surface area contributed by atoms with Crippen molar-refractivity contribution in [3.8, 4) is 28.0 Å². The van der Waals surface area contributed by atoms with E-state index in [1.807, 2.05) is 4.72 Å². The van der Waals surface area contributed by atoms with Crippen LogP contribution in [0.5, 0.6) is 5.75 Å². The van der Waals surface area contributed by atoms with Crippen LogP contribution in [0.2, 0.25) is 0 Å². The van der Waals surface area contributed by atoms with Crippen LogP contribution in [0.15, 0.2) is 108 Å². The number of carboxylic acid groups (broad SMARTS) is 1. The molecule has 0 saturated carbocycles.